The fourth-order valence-electron chi connectivity index (χ4n) is 2.17. The molecule has 3 N–H and O–H groups in total. The van der Waals surface area contributed by atoms with Crippen molar-refractivity contribution in [2.24, 2.45) is 5.84 Å². The zero-order valence-electron chi connectivity index (χ0n) is 11.2. The molecule has 0 aromatic heterocycles. The number of rotatable bonds is 2. The second-order valence-corrected chi connectivity index (χ2v) is 5.89. The number of nitrogen functional groups attached to an aromatic ring is 1. The molecule has 0 radical (unpaired) electrons. The number of anilines is 1. The standard InChI is InChI=1S/C13H16F3N3OS/c14-13(15,16)10-8-9(2-3-11(10)18-17)12(20)19-4-1-6-21-7-5-19/h2-3,8,18H,1,4-7,17H2. The fourth-order valence-corrected chi connectivity index (χ4v) is 3.06. The van der Waals surface area contributed by atoms with E-state index in [1.54, 1.807) is 16.7 Å². The van der Waals surface area contributed by atoms with Crippen LogP contribution in [0.5, 0.6) is 0 Å². The Hall–Kier alpha value is -1.41. The average Bonchev–Trinajstić information content (AvgIpc) is 2.74. The molecule has 0 saturated carbocycles. The van der Waals surface area contributed by atoms with Gasteiger partial charge in [0.2, 0.25) is 0 Å². The maximum absolute atomic E-state index is 13.0. The number of nitrogens with two attached hydrogens (primary N) is 1. The highest BCUT2D eigenvalue weighted by Gasteiger charge is 2.34. The third kappa shape index (κ3) is 3.82. The summed E-state index contributed by atoms with van der Waals surface area (Å²) in [4.78, 5) is 13.9. The number of carbonyl (C=O) groups excluding carboxylic acids is 1. The monoisotopic (exact) mass is 319 g/mol. The summed E-state index contributed by atoms with van der Waals surface area (Å²) >= 11 is 1.75. The maximum atomic E-state index is 13.0. The van der Waals surface area contributed by atoms with E-state index in [2.05, 4.69) is 0 Å². The lowest BCUT2D eigenvalue weighted by atomic mass is 10.1. The van der Waals surface area contributed by atoms with E-state index in [0.29, 0.717) is 13.1 Å². The molecule has 1 aromatic carbocycles. The predicted molar refractivity (Wildman–Crippen MR) is 77.1 cm³/mol. The maximum Gasteiger partial charge on any atom is 0.418 e. The van der Waals surface area contributed by atoms with Crippen LogP contribution in [0.2, 0.25) is 0 Å². The van der Waals surface area contributed by atoms with E-state index >= 15 is 0 Å². The average molecular weight is 319 g/mol. The summed E-state index contributed by atoms with van der Waals surface area (Å²) < 4.78 is 38.9. The number of halogens is 3. The highest BCUT2D eigenvalue weighted by Crippen LogP contribution is 2.35. The first-order chi connectivity index (χ1) is 9.93. The van der Waals surface area contributed by atoms with Gasteiger partial charge in [-0.05, 0) is 30.4 Å². The van der Waals surface area contributed by atoms with Crippen LogP contribution < -0.4 is 11.3 Å². The largest absolute Gasteiger partial charge is 0.418 e. The highest BCUT2D eigenvalue weighted by atomic mass is 32.2. The van der Waals surface area contributed by atoms with Crippen molar-refractivity contribution in [2.45, 2.75) is 12.6 Å². The van der Waals surface area contributed by atoms with E-state index in [4.69, 9.17) is 5.84 Å². The molecule has 116 valence electrons. The third-order valence-electron chi connectivity index (χ3n) is 3.24. The molecular weight excluding hydrogens is 303 g/mol. The number of hydrogen-bond acceptors (Lipinski definition) is 4. The van der Waals surface area contributed by atoms with Gasteiger partial charge in [-0.2, -0.15) is 24.9 Å². The Balaban J connectivity index is 2.29. The number of hydrogen-bond donors (Lipinski definition) is 2. The molecule has 0 aliphatic carbocycles. The number of carbonyl (C=O) groups is 1. The molecule has 0 bridgehead atoms. The Morgan fingerprint density at radius 2 is 2.05 bits per heavy atom. The van der Waals surface area contributed by atoms with Gasteiger partial charge in [-0.15, -0.1) is 0 Å². The normalized spacial score (nSPS) is 16.5. The molecule has 0 spiro atoms. The summed E-state index contributed by atoms with van der Waals surface area (Å²) in [5, 5.41) is 0. The van der Waals surface area contributed by atoms with Crippen LogP contribution in [0.25, 0.3) is 0 Å². The molecule has 1 aliphatic heterocycles. The molecule has 0 unspecified atom stereocenters. The van der Waals surface area contributed by atoms with Gasteiger partial charge >= 0.3 is 6.18 Å². The van der Waals surface area contributed by atoms with E-state index in [9.17, 15) is 18.0 Å². The minimum absolute atomic E-state index is 0.0354. The number of thioether (sulfide) groups is 1. The van der Waals surface area contributed by atoms with Crippen LogP contribution in [0.4, 0.5) is 18.9 Å². The minimum atomic E-state index is -4.56. The molecule has 1 heterocycles. The van der Waals surface area contributed by atoms with Crippen molar-refractivity contribution in [3.05, 3.63) is 29.3 Å². The molecule has 0 atom stereocenters. The molecule has 1 aromatic rings. The van der Waals surface area contributed by atoms with Crippen LogP contribution in [0.15, 0.2) is 18.2 Å². The van der Waals surface area contributed by atoms with Crippen molar-refractivity contribution in [1.82, 2.24) is 4.90 Å². The second kappa shape index (κ2) is 6.57. The molecule has 8 heteroatoms. The van der Waals surface area contributed by atoms with E-state index in [1.807, 2.05) is 5.43 Å². The lowest BCUT2D eigenvalue weighted by molar-refractivity contribution is -0.137. The zero-order chi connectivity index (χ0) is 15.5. The lowest BCUT2D eigenvalue weighted by Gasteiger charge is -2.21. The highest BCUT2D eigenvalue weighted by molar-refractivity contribution is 7.99. The van der Waals surface area contributed by atoms with Crippen LogP contribution in [0.1, 0.15) is 22.3 Å². The van der Waals surface area contributed by atoms with Gasteiger partial charge < -0.3 is 10.3 Å². The fraction of sp³-hybridized carbons (Fsp3) is 0.462. The predicted octanol–water partition coefficient (Wildman–Crippen LogP) is 2.57. The van der Waals surface area contributed by atoms with E-state index in [1.165, 1.54) is 12.1 Å². The minimum Gasteiger partial charge on any atom is -0.338 e. The van der Waals surface area contributed by atoms with Gasteiger partial charge in [-0.1, -0.05) is 0 Å². The van der Waals surface area contributed by atoms with Crippen molar-refractivity contribution in [3.63, 3.8) is 0 Å². The quantitative estimate of drug-likeness (QED) is 0.650. The summed E-state index contributed by atoms with van der Waals surface area (Å²) in [6.07, 6.45) is -3.71. The molecule has 1 saturated heterocycles. The van der Waals surface area contributed by atoms with E-state index < -0.39 is 11.7 Å². The number of amides is 1. The first kappa shape index (κ1) is 16.0. The van der Waals surface area contributed by atoms with Crippen molar-refractivity contribution < 1.29 is 18.0 Å². The van der Waals surface area contributed by atoms with Gasteiger partial charge in [0.25, 0.3) is 5.91 Å². The van der Waals surface area contributed by atoms with Crippen molar-refractivity contribution >= 4 is 23.4 Å². The van der Waals surface area contributed by atoms with E-state index in [-0.39, 0.29) is 17.2 Å². The van der Waals surface area contributed by atoms with Gasteiger partial charge in [0.15, 0.2) is 0 Å². The van der Waals surface area contributed by atoms with Crippen molar-refractivity contribution in [1.29, 1.82) is 0 Å². The Morgan fingerprint density at radius 1 is 1.29 bits per heavy atom. The Morgan fingerprint density at radius 3 is 2.71 bits per heavy atom. The van der Waals surface area contributed by atoms with Crippen molar-refractivity contribution in [2.75, 3.05) is 30.0 Å². The first-order valence-electron chi connectivity index (χ1n) is 6.48. The number of nitrogens with one attached hydrogen (secondary N) is 1. The smallest absolute Gasteiger partial charge is 0.338 e. The van der Waals surface area contributed by atoms with Crippen LogP contribution >= 0.6 is 11.8 Å². The molecule has 1 fully saturated rings. The second-order valence-electron chi connectivity index (χ2n) is 4.66. The molecular formula is C13H16F3N3OS. The summed E-state index contributed by atoms with van der Waals surface area (Å²) in [5.74, 6) is 6.49. The van der Waals surface area contributed by atoms with Gasteiger partial charge in [-0.25, -0.2) is 0 Å². The topological polar surface area (TPSA) is 58.4 Å². The molecule has 4 nitrogen and oxygen atoms in total. The Kier molecular flexibility index (Phi) is 5.00. The van der Waals surface area contributed by atoms with Gasteiger partial charge in [0.05, 0.1) is 11.3 Å². The lowest BCUT2D eigenvalue weighted by Crippen LogP contribution is -2.33. The number of hydrazine groups is 1. The molecule has 1 amide bonds. The van der Waals surface area contributed by atoms with Crippen LogP contribution in [0.3, 0.4) is 0 Å². The Labute approximate surface area is 124 Å². The SMILES string of the molecule is NNc1ccc(C(=O)N2CCCSCC2)cc1C(F)(F)F. The van der Waals surface area contributed by atoms with E-state index in [0.717, 1.165) is 24.0 Å². The molecule has 1 aliphatic rings. The number of nitrogens with zero attached hydrogens (tertiary/aromatic N) is 1. The summed E-state index contributed by atoms with van der Waals surface area (Å²) in [6, 6.07) is 3.41. The number of benzene rings is 1. The third-order valence-corrected chi connectivity index (χ3v) is 4.29. The summed E-state index contributed by atoms with van der Waals surface area (Å²) in [5.41, 5.74) is 0.870. The molecule has 2 rings (SSSR count). The van der Waals surface area contributed by atoms with Gasteiger partial charge in [0, 0.05) is 24.4 Å². The first-order valence-corrected chi connectivity index (χ1v) is 7.64. The van der Waals surface area contributed by atoms with Crippen LogP contribution in [-0.4, -0.2) is 35.4 Å². The van der Waals surface area contributed by atoms with Crippen molar-refractivity contribution in [3.8, 4) is 0 Å². The molecule has 21 heavy (non-hydrogen) atoms. The van der Waals surface area contributed by atoms with Crippen LogP contribution in [-0.2, 0) is 6.18 Å². The Bertz CT molecular complexity index is 514. The van der Waals surface area contributed by atoms with Gasteiger partial charge in [-0.3, -0.25) is 10.6 Å². The van der Waals surface area contributed by atoms with Gasteiger partial charge in [0.1, 0.15) is 0 Å². The summed E-state index contributed by atoms with van der Waals surface area (Å²) in [7, 11) is 0. The van der Waals surface area contributed by atoms with Crippen LogP contribution in [0, 0.1) is 0 Å². The zero-order valence-corrected chi connectivity index (χ0v) is 12.1. The summed E-state index contributed by atoms with van der Waals surface area (Å²) in [6.45, 7) is 1.13. The number of alkyl halides is 3.